The van der Waals surface area contributed by atoms with Gasteiger partial charge in [0.05, 0.1) is 13.0 Å². The van der Waals surface area contributed by atoms with Crippen LogP contribution in [0.15, 0.2) is 36.2 Å². The molecule has 6 N–H and O–H groups in total. The summed E-state index contributed by atoms with van der Waals surface area (Å²) in [5.74, 6) is 4.12. The Bertz CT molecular complexity index is 1020. The second kappa shape index (κ2) is 12.1. The van der Waals surface area contributed by atoms with Gasteiger partial charge in [-0.15, -0.1) is 23.4 Å². The van der Waals surface area contributed by atoms with E-state index in [-0.39, 0.29) is 36.6 Å². The van der Waals surface area contributed by atoms with Gasteiger partial charge in [0, 0.05) is 19.7 Å². The Morgan fingerprint density at radius 3 is 2.74 bits per heavy atom. The van der Waals surface area contributed by atoms with Crippen molar-refractivity contribution in [2.45, 2.75) is 31.8 Å². The largest absolute Gasteiger partial charge is 0.573 e. The molecule has 0 bridgehead atoms. The minimum atomic E-state index is -4.83. The third kappa shape index (κ3) is 9.58. The molecule has 0 fully saturated rings. The molecule has 34 heavy (non-hydrogen) atoms. The van der Waals surface area contributed by atoms with Gasteiger partial charge in [-0.25, -0.2) is 10.2 Å². The van der Waals surface area contributed by atoms with Crippen LogP contribution in [0.2, 0.25) is 0 Å². The van der Waals surface area contributed by atoms with Crippen molar-refractivity contribution in [3.05, 3.63) is 46.7 Å². The van der Waals surface area contributed by atoms with E-state index < -0.39 is 30.1 Å². The van der Waals surface area contributed by atoms with Crippen molar-refractivity contribution in [2.24, 2.45) is 11.6 Å². The van der Waals surface area contributed by atoms with E-state index >= 15 is 0 Å². The maximum atomic E-state index is 14.2. The number of hydrogen-bond donors (Lipinski definition) is 4. The zero-order chi connectivity index (χ0) is 25.3. The highest BCUT2D eigenvalue weighted by molar-refractivity contribution is 7.15. The fourth-order valence-electron chi connectivity index (χ4n) is 2.64. The number of hydrogen-bond acceptors (Lipinski definition) is 9. The Kier molecular flexibility index (Phi) is 9.56. The molecule has 0 aliphatic carbocycles. The topological polar surface area (TPSA) is 148 Å². The molecule has 0 spiro atoms. The number of likely N-dealkylation sites (N-methyl/N-ethyl adjacent to an activating group) is 1. The third-order valence-corrected chi connectivity index (χ3v) is 4.98. The van der Waals surface area contributed by atoms with Gasteiger partial charge in [-0.2, -0.15) is 0 Å². The van der Waals surface area contributed by atoms with Crippen LogP contribution in [-0.4, -0.2) is 53.1 Å². The van der Waals surface area contributed by atoms with Crippen LogP contribution in [0, 0.1) is 0 Å². The van der Waals surface area contributed by atoms with Crippen molar-refractivity contribution in [3.63, 3.8) is 0 Å². The summed E-state index contributed by atoms with van der Waals surface area (Å²) in [5.41, 5.74) is 5.64. The Morgan fingerprint density at radius 1 is 1.32 bits per heavy atom. The summed E-state index contributed by atoms with van der Waals surface area (Å²) in [5, 5.41) is 14.1. The van der Waals surface area contributed by atoms with Crippen LogP contribution in [0.25, 0.3) is 0 Å². The van der Waals surface area contributed by atoms with Crippen LogP contribution in [0.1, 0.15) is 17.0 Å². The summed E-state index contributed by atoms with van der Waals surface area (Å²) in [7, 11) is 1.39. The molecule has 186 valence electrons. The summed E-state index contributed by atoms with van der Waals surface area (Å²) in [6, 6.07) is 5.05. The van der Waals surface area contributed by atoms with Gasteiger partial charge >= 0.3 is 6.36 Å². The number of nitrogens with zero attached hydrogens (tertiary/aromatic N) is 3. The van der Waals surface area contributed by atoms with E-state index in [1.54, 1.807) is 0 Å². The molecule has 0 aliphatic rings. The predicted molar refractivity (Wildman–Crippen MR) is 116 cm³/mol. The van der Waals surface area contributed by atoms with E-state index in [4.69, 9.17) is 11.6 Å². The molecule has 0 saturated heterocycles. The molecule has 1 aromatic carbocycles. The fraction of sp³-hybridized carbons (Fsp3) is 0.368. The lowest BCUT2D eigenvalue weighted by Crippen LogP contribution is -2.35. The van der Waals surface area contributed by atoms with E-state index in [2.05, 4.69) is 25.6 Å². The second-order valence-corrected chi connectivity index (χ2v) is 7.98. The number of hydrazine groups is 1. The van der Waals surface area contributed by atoms with Gasteiger partial charge in [0.1, 0.15) is 22.6 Å². The first-order valence-electron chi connectivity index (χ1n) is 9.77. The lowest BCUT2D eigenvalue weighted by Gasteiger charge is -2.17. The number of halogens is 4. The molecule has 10 nitrogen and oxygen atoms in total. The van der Waals surface area contributed by atoms with Crippen LogP contribution < -0.4 is 26.9 Å². The van der Waals surface area contributed by atoms with Crippen LogP contribution in [-0.2, 0) is 22.4 Å². The molecular weight excluding hydrogens is 482 g/mol. The first-order chi connectivity index (χ1) is 15.9. The summed E-state index contributed by atoms with van der Waals surface area (Å²) < 4.78 is 55.0. The molecule has 0 radical (unpaired) electrons. The van der Waals surface area contributed by atoms with E-state index in [1.807, 2.05) is 0 Å². The Hall–Kier alpha value is -3.46. The zero-order valence-corrected chi connectivity index (χ0v) is 18.8. The minimum absolute atomic E-state index is 0.0516. The molecule has 1 heterocycles. The highest BCUT2D eigenvalue weighted by atomic mass is 32.1. The molecule has 1 aromatic heterocycles. The minimum Gasteiger partial charge on any atom is -0.406 e. The number of carbonyl (C=O) groups excluding carboxylic acids is 2. The van der Waals surface area contributed by atoms with Crippen LogP contribution in [0.4, 0.5) is 22.7 Å². The molecule has 0 saturated carbocycles. The number of aryl methyl sites for hydroxylation is 1. The van der Waals surface area contributed by atoms with Crippen LogP contribution in [0.5, 0.6) is 5.75 Å². The average molecular weight is 505 g/mol. The summed E-state index contributed by atoms with van der Waals surface area (Å²) >= 11 is 1.04. The van der Waals surface area contributed by atoms with E-state index in [9.17, 15) is 27.2 Å². The van der Waals surface area contributed by atoms with Gasteiger partial charge in [-0.1, -0.05) is 23.5 Å². The Balaban J connectivity index is 1.81. The van der Waals surface area contributed by atoms with Gasteiger partial charge in [0.15, 0.2) is 0 Å². The van der Waals surface area contributed by atoms with E-state index in [1.165, 1.54) is 19.2 Å². The van der Waals surface area contributed by atoms with Gasteiger partial charge < -0.3 is 26.1 Å². The quantitative estimate of drug-likeness (QED) is 0.156. The van der Waals surface area contributed by atoms with Gasteiger partial charge in [0.25, 0.3) is 5.91 Å². The maximum absolute atomic E-state index is 14.2. The summed E-state index contributed by atoms with van der Waals surface area (Å²) in [6.45, 7) is -0.211. The number of benzene rings is 1. The highest BCUT2D eigenvalue weighted by Crippen LogP contribution is 2.24. The molecule has 2 amide bonds. The number of carbonyl (C=O) groups is 2. The van der Waals surface area contributed by atoms with E-state index in [0.717, 1.165) is 34.7 Å². The molecule has 1 atom stereocenters. The zero-order valence-electron chi connectivity index (χ0n) is 17.9. The van der Waals surface area contributed by atoms with E-state index in [0.29, 0.717) is 10.6 Å². The number of anilines is 1. The lowest BCUT2D eigenvalue weighted by molar-refractivity contribution is -0.274. The van der Waals surface area contributed by atoms with Gasteiger partial charge in [-0.05, 0) is 24.1 Å². The Labute approximate surface area is 195 Å². The fourth-order valence-corrected chi connectivity index (χ4v) is 3.41. The summed E-state index contributed by atoms with van der Waals surface area (Å²) in [6.07, 6.45) is -5.01. The number of nitrogens with two attached hydrogens (primary N) is 2. The highest BCUT2D eigenvalue weighted by Gasteiger charge is 2.31. The van der Waals surface area contributed by atoms with Crippen LogP contribution in [0.3, 0.4) is 0 Å². The number of alkyl halides is 4. The molecular formula is C19H23F4N7O3S. The third-order valence-electron chi connectivity index (χ3n) is 4.08. The van der Waals surface area contributed by atoms with Gasteiger partial charge in [-0.3, -0.25) is 9.59 Å². The molecule has 2 aromatic rings. The molecule has 15 heteroatoms. The average Bonchev–Trinajstić information content (AvgIpc) is 3.17. The number of rotatable bonds is 11. The molecule has 1 unspecified atom stereocenters. The first-order valence-corrected chi connectivity index (χ1v) is 10.6. The Morgan fingerprint density at radius 2 is 2.06 bits per heavy atom. The monoisotopic (exact) mass is 505 g/mol. The van der Waals surface area contributed by atoms with Crippen molar-refractivity contribution >= 4 is 28.3 Å². The number of ether oxygens (including phenoxy) is 1. The number of amides is 2. The molecule has 0 aliphatic heterocycles. The number of aromatic nitrogens is 2. The van der Waals surface area contributed by atoms with Crippen molar-refractivity contribution in [1.29, 1.82) is 0 Å². The first kappa shape index (κ1) is 26.8. The van der Waals surface area contributed by atoms with Crippen molar-refractivity contribution in [3.8, 4) is 5.75 Å². The van der Waals surface area contributed by atoms with Crippen molar-refractivity contribution in [1.82, 2.24) is 20.5 Å². The second-order valence-electron chi connectivity index (χ2n) is 6.92. The van der Waals surface area contributed by atoms with Gasteiger partial charge in [0.2, 0.25) is 11.0 Å². The lowest BCUT2D eigenvalue weighted by atomic mass is 10.1. The SMILES string of the molecule is CNC(=O)/C(N)=C/N(N)CC(F)CCc1nnc(NC(=O)Cc2cccc(OC(F)(F)F)c2)s1. The number of nitrogens with one attached hydrogen (secondary N) is 2. The predicted octanol–water partition coefficient (Wildman–Crippen LogP) is 1.61. The standard InChI is InChI=1S/C19H23F4N7O3S/c1-26-17(32)14(24)10-30(25)9-12(20)5-6-16-28-29-18(34-16)27-15(31)8-11-3-2-4-13(7-11)33-19(21,22)23/h2-4,7,10,12H,5-6,8-9,24-25H2,1H3,(H,26,32)(H,27,29,31)/b14-10-. The van der Waals surface area contributed by atoms with Crippen molar-refractivity contribution in [2.75, 3.05) is 18.9 Å². The van der Waals surface area contributed by atoms with Crippen molar-refractivity contribution < 1.29 is 31.9 Å². The van der Waals surface area contributed by atoms with Crippen LogP contribution >= 0.6 is 11.3 Å². The normalized spacial score (nSPS) is 12.7. The molecule has 2 rings (SSSR count). The summed E-state index contributed by atoms with van der Waals surface area (Å²) in [4.78, 5) is 23.5. The smallest absolute Gasteiger partial charge is 0.406 e. The maximum Gasteiger partial charge on any atom is 0.573 e.